The minimum absolute atomic E-state index is 0.102. The van der Waals surface area contributed by atoms with E-state index < -0.39 is 0 Å². The lowest BCUT2D eigenvalue weighted by molar-refractivity contribution is 0.0595. The second-order valence-corrected chi connectivity index (χ2v) is 6.50. The Balaban J connectivity index is 2.01. The molecule has 1 aliphatic heterocycles. The van der Waals surface area contributed by atoms with Crippen molar-refractivity contribution in [1.82, 2.24) is 9.97 Å². The van der Waals surface area contributed by atoms with Crippen LogP contribution in [-0.4, -0.2) is 29.7 Å². The summed E-state index contributed by atoms with van der Waals surface area (Å²) in [6.07, 6.45) is 2.35. The van der Waals surface area contributed by atoms with Crippen molar-refractivity contribution in [2.75, 3.05) is 25.1 Å². The van der Waals surface area contributed by atoms with Gasteiger partial charge in [-0.15, -0.1) is 0 Å². The van der Waals surface area contributed by atoms with Gasteiger partial charge in [-0.2, -0.15) is 0 Å². The molecule has 0 aromatic carbocycles. The zero-order chi connectivity index (χ0) is 13.9. The van der Waals surface area contributed by atoms with Gasteiger partial charge in [-0.1, -0.05) is 32.4 Å². The van der Waals surface area contributed by atoms with E-state index >= 15 is 0 Å². The minimum Gasteiger partial charge on any atom is -0.381 e. The Hall–Kier alpha value is -0.870. The van der Waals surface area contributed by atoms with Crippen LogP contribution in [0, 0.1) is 5.92 Å². The van der Waals surface area contributed by atoms with Crippen LogP contribution in [-0.2, 0) is 10.2 Å². The number of anilines is 1. The summed E-state index contributed by atoms with van der Waals surface area (Å²) >= 11 is 6.06. The molecule has 0 bridgehead atoms. The summed E-state index contributed by atoms with van der Waals surface area (Å²) in [5, 5.41) is 3.84. The molecule has 1 unspecified atom stereocenters. The topological polar surface area (TPSA) is 47.0 Å². The van der Waals surface area contributed by atoms with Crippen molar-refractivity contribution in [3.63, 3.8) is 0 Å². The molecule has 1 saturated heterocycles. The Bertz CT molecular complexity index is 425. The van der Waals surface area contributed by atoms with E-state index in [2.05, 4.69) is 36.1 Å². The summed E-state index contributed by atoms with van der Waals surface area (Å²) < 4.78 is 5.47. The third-order valence-corrected chi connectivity index (χ3v) is 3.39. The molecule has 1 N–H and O–H groups in total. The smallest absolute Gasteiger partial charge is 0.137 e. The van der Waals surface area contributed by atoms with Gasteiger partial charge < -0.3 is 10.1 Å². The number of aromatic nitrogens is 2. The Morgan fingerprint density at radius 3 is 2.84 bits per heavy atom. The van der Waals surface area contributed by atoms with Gasteiger partial charge in [0, 0.05) is 24.6 Å². The largest absolute Gasteiger partial charge is 0.381 e. The molecule has 1 aromatic heterocycles. The Labute approximate surface area is 119 Å². The highest BCUT2D eigenvalue weighted by molar-refractivity contribution is 6.29. The second kappa shape index (κ2) is 6.06. The maximum atomic E-state index is 6.06. The van der Waals surface area contributed by atoms with Crippen LogP contribution in [0.5, 0.6) is 0 Å². The molecule has 106 valence electrons. The van der Waals surface area contributed by atoms with E-state index in [1.807, 2.05) is 0 Å². The van der Waals surface area contributed by atoms with E-state index in [-0.39, 0.29) is 5.41 Å². The van der Waals surface area contributed by atoms with Crippen LogP contribution in [0.2, 0.25) is 5.15 Å². The summed E-state index contributed by atoms with van der Waals surface area (Å²) in [6, 6.07) is 1.78. The van der Waals surface area contributed by atoms with Crippen molar-refractivity contribution >= 4 is 17.4 Å². The van der Waals surface area contributed by atoms with Crippen LogP contribution in [0.3, 0.4) is 0 Å². The zero-order valence-electron chi connectivity index (χ0n) is 11.9. The number of nitrogens with one attached hydrogen (secondary N) is 1. The van der Waals surface area contributed by atoms with E-state index in [0.29, 0.717) is 11.1 Å². The van der Waals surface area contributed by atoms with Crippen LogP contribution < -0.4 is 5.32 Å². The molecule has 4 nitrogen and oxygen atoms in total. The predicted molar refractivity (Wildman–Crippen MR) is 77.8 cm³/mol. The van der Waals surface area contributed by atoms with Gasteiger partial charge in [-0.05, 0) is 18.8 Å². The molecule has 5 heteroatoms. The molecule has 0 radical (unpaired) electrons. The number of hydrogen-bond acceptors (Lipinski definition) is 4. The lowest BCUT2D eigenvalue weighted by Crippen LogP contribution is -2.25. The first-order valence-electron chi connectivity index (χ1n) is 6.82. The number of halogens is 1. The van der Waals surface area contributed by atoms with Crippen LogP contribution >= 0.6 is 11.6 Å². The van der Waals surface area contributed by atoms with Gasteiger partial charge in [-0.25, -0.2) is 9.97 Å². The SMILES string of the molecule is CC(C)(C)c1nc(Cl)cc(NCC2CCCOC2)n1. The van der Waals surface area contributed by atoms with Crippen molar-refractivity contribution in [1.29, 1.82) is 0 Å². The van der Waals surface area contributed by atoms with E-state index in [1.54, 1.807) is 6.07 Å². The molecule has 19 heavy (non-hydrogen) atoms. The molecule has 2 rings (SSSR count). The molecule has 1 aromatic rings. The Morgan fingerprint density at radius 1 is 1.42 bits per heavy atom. The highest BCUT2D eigenvalue weighted by Gasteiger charge is 2.19. The van der Waals surface area contributed by atoms with Crippen molar-refractivity contribution in [3.8, 4) is 0 Å². The van der Waals surface area contributed by atoms with Gasteiger partial charge in [-0.3, -0.25) is 0 Å². The van der Waals surface area contributed by atoms with E-state index in [0.717, 1.165) is 37.8 Å². The molecule has 1 fully saturated rings. The number of nitrogens with zero attached hydrogens (tertiary/aromatic N) is 2. The first-order valence-corrected chi connectivity index (χ1v) is 7.19. The lowest BCUT2D eigenvalue weighted by Gasteiger charge is -2.23. The van der Waals surface area contributed by atoms with Gasteiger partial charge in [0.25, 0.3) is 0 Å². The molecular formula is C14H22ClN3O. The average Bonchev–Trinajstić information content (AvgIpc) is 2.36. The molecule has 1 aliphatic rings. The van der Waals surface area contributed by atoms with Gasteiger partial charge in [0.1, 0.15) is 16.8 Å². The number of hydrogen-bond donors (Lipinski definition) is 1. The zero-order valence-corrected chi connectivity index (χ0v) is 12.6. The van der Waals surface area contributed by atoms with E-state index in [1.165, 1.54) is 6.42 Å². The van der Waals surface area contributed by atoms with Gasteiger partial charge >= 0.3 is 0 Å². The molecule has 0 aliphatic carbocycles. The summed E-state index contributed by atoms with van der Waals surface area (Å²) in [5.74, 6) is 2.12. The molecular weight excluding hydrogens is 262 g/mol. The van der Waals surface area contributed by atoms with Crippen LogP contribution in [0.15, 0.2) is 6.07 Å². The normalized spacial score (nSPS) is 20.3. The first kappa shape index (κ1) is 14.5. The summed E-state index contributed by atoms with van der Waals surface area (Å²) in [5.41, 5.74) is -0.102. The fraction of sp³-hybridized carbons (Fsp3) is 0.714. The average molecular weight is 284 g/mol. The number of ether oxygens (including phenoxy) is 1. The van der Waals surface area contributed by atoms with Crippen molar-refractivity contribution in [2.45, 2.75) is 39.0 Å². The first-order chi connectivity index (χ1) is 8.95. The fourth-order valence-electron chi connectivity index (χ4n) is 2.06. The molecule has 0 saturated carbocycles. The van der Waals surface area contributed by atoms with Gasteiger partial charge in [0.2, 0.25) is 0 Å². The summed E-state index contributed by atoms with van der Waals surface area (Å²) in [7, 11) is 0. The van der Waals surface area contributed by atoms with Crippen molar-refractivity contribution in [2.24, 2.45) is 5.92 Å². The highest BCUT2D eigenvalue weighted by Crippen LogP contribution is 2.22. The third kappa shape index (κ3) is 4.32. The van der Waals surface area contributed by atoms with Gasteiger partial charge in [0.15, 0.2) is 0 Å². The lowest BCUT2D eigenvalue weighted by atomic mass is 9.96. The number of rotatable bonds is 3. The molecule has 0 spiro atoms. The van der Waals surface area contributed by atoms with Crippen LogP contribution in [0.4, 0.5) is 5.82 Å². The second-order valence-electron chi connectivity index (χ2n) is 6.11. The monoisotopic (exact) mass is 283 g/mol. The summed E-state index contributed by atoms with van der Waals surface area (Å²) in [4.78, 5) is 8.83. The molecule has 2 heterocycles. The fourth-order valence-corrected chi connectivity index (χ4v) is 2.24. The van der Waals surface area contributed by atoms with Crippen LogP contribution in [0.25, 0.3) is 0 Å². The minimum atomic E-state index is -0.102. The summed E-state index contributed by atoms with van der Waals surface area (Å²) in [6.45, 7) is 8.84. The third-order valence-electron chi connectivity index (χ3n) is 3.19. The van der Waals surface area contributed by atoms with E-state index in [4.69, 9.17) is 16.3 Å². The Kier molecular flexibility index (Phi) is 4.63. The maximum Gasteiger partial charge on any atom is 0.137 e. The molecule has 1 atom stereocenters. The van der Waals surface area contributed by atoms with Crippen LogP contribution in [0.1, 0.15) is 39.4 Å². The molecule has 0 amide bonds. The quantitative estimate of drug-likeness (QED) is 0.865. The van der Waals surface area contributed by atoms with Crippen molar-refractivity contribution in [3.05, 3.63) is 17.0 Å². The van der Waals surface area contributed by atoms with Gasteiger partial charge in [0.05, 0.1) is 6.61 Å². The Morgan fingerprint density at radius 2 is 2.21 bits per heavy atom. The predicted octanol–water partition coefficient (Wildman–Crippen LogP) is 3.27. The highest BCUT2D eigenvalue weighted by atomic mass is 35.5. The standard InChI is InChI=1S/C14H22ClN3O/c1-14(2,3)13-17-11(15)7-12(18-13)16-8-10-5-4-6-19-9-10/h7,10H,4-6,8-9H2,1-3H3,(H,16,17,18). The maximum absolute atomic E-state index is 6.06. The van der Waals surface area contributed by atoms with Crippen molar-refractivity contribution < 1.29 is 4.74 Å². The van der Waals surface area contributed by atoms with E-state index in [9.17, 15) is 0 Å².